The molecule has 0 atom stereocenters. The molecule has 0 amide bonds. The molecule has 0 bridgehead atoms. The molecule has 0 radical (unpaired) electrons. The Kier molecular flexibility index (Phi) is 3.61. The van der Waals surface area contributed by atoms with Crippen LogP contribution in [0.1, 0.15) is 5.56 Å². The number of nitrogens with zero attached hydrogens (tertiary/aromatic N) is 2. The van der Waals surface area contributed by atoms with E-state index in [1.54, 1.807) is 11.8 Å². The maximum absolute atomic E-state index is 5.62. The van der Waals surface area contributed by atoms with Gasteiger partial charge < -0.3 is 15.2 Å². The minimum atomic E-state index is 0.501. The van der Waals surface area contributed by atoms with E-state index in [4.69, 9.17) is 15.2 Å². The molecule has 1 aromatic carbocycles. The van der Waals surface area contributed by atoms with E-state index in [0.29, 0.717) is 25.6 Å². The maximum Gasteiger partial charge on any atom is 0.240 e. The molecule has 0 aliphatic heterocycles. The van der Waals surface area contributed by atoms with Crippen LogP contribution in [0.25, 0.3) is 10.9 Å². The zero-order valence-corrected chi connectivity index (χ0v) is 10.1. The van der Waals surface area contributed by atoms with Gasteiger partial charge in [0.15, 0.2) is 0 Å². The van der Waals surface area contributed by atoms with Crippen LogP contribution in [0.2, 0.25) is 0 Å². The third-order valence-electron chi connectivity index (χ3n) is 2.64. The Hall–Kier alpha value is -1.59. The first kappa shape index (κ1) is 11.9. The van der Waals surface area contributed by atoms with Crippen LogP contribution in [-0.2, 0) is 18.3 Å². The first-order valence-corrected chi connectivity index (χ1v) is 5.53. The number of benzene rings is 1. The molecular formula is C12H17N3O2. The van der Waals surface area contributed by atoms with Gasteiger partial charge in [-0.05, 0) is 17.7 Å². The number of hydrogen-bond acceptors (Lipinski definition) is 4. The van der Waals surface area contributed by atoms with E-state index in [-0.39, 0.29) is 0 Å². The van der Waals surface area contributed by atoms with Crippen molar-refractivity contribution in [3.05, 3.63) is 23.8 Å². The molecule has 2 rings (SSSR count). The molecule has 0 aliphatic carbocycles. The Bertz CT molecular complexity index is 508. The van der Waals surface area contributed by atoms with Crippen molar-refractivity contribution in [2.45, 2.75) is 6.54 Å². The van der Waals surface area contributed by atoms with Crippen LogP contribution in [-0.4, -0.2) is 30.1 Å². The second kappa shape index (κ2) is 5.16. The van der Waals surface area contributed by atoms with Gasteiger partial charge in [0.25, 0.3) is 0 Å². The topological polar surface area (TPSA) is 62.3 Å². The summed E-state index contributed by atoms with van der Waals surface area (Å²) in [6, 6.07) is 6.02. The van der Waals surface area contributed by atoms with Crippen LogP contribution in [0, 0.1) is 0 Å². The lowest BCUT2D eigenvalue weighted by molar-refractivity contribution is 0.144. The Morgan fingerprint density at radius 1 is 1.35 bits per heavy atom. The normalized spacial score (nSPS) is 11.0. The third-order valence-corrected chi connectivity index (χ3v) is 2.64. The number of ether oxygens (including phenoxy) is 2. The van der Waals surface area contributed by atoms with Gasteiger partial charge in [-0.15, -0.1) is 5.10 Å². The smallest absolute Gasteiger partial charge is 0.240 e. The highest BCUT2D eigenvalue weighted by Gasteiger charge is 2.09. The summed E-state index contributed by atoms with van der Waals surface area (Å²) in [5.74, 6) is 0.642. The summed E-state index contributed by atoms with van der Waals surface area (Å²) < 4.78 is 12.3. The second-order valence-corrected chi connectivity index (χ2v) is 3.83. The highest BCUT2D eigenvalue weighted by Crippen LogP contribution is 2.25. The molecule has 2 N–H and O–H groups in total. The number of fused-ring (bicyclic) bond motifs is 1. The predicted octanol–water partition coefficient (Wildman–Crippen LogP) is 1.06. The van der Waals surface area contributed by atoms with Crippen molar-refractivity contribution < 1.29 is 9.47 Å². The SMILES string of the molecule is COCCOc1nn(C)c2cc(CN)ccc12. The highest BCUT2D eigenvalue weighted by molar-refractivity contribution is 5.85. The first-order valence-electron chi connectivity index (χ1n) is 5.53. The molecule has 5 nitrogen and oxygen atoms in total. The fourth-order valence-corrected chi connectivity index (χ4v) is 1.73. The van der Waals surface area contributed by atoms with E-state index >= 15 is 0 Å². The lowest BCUT2D eigenvalue weighted by Crippen LogP contribution is -2.05. The summed E-state index contributed by atoms with van der Waals surface area (Å²) in [6.45, 7) is 1.58. The molecule has 1 heterocycles. The summed E-state index contributed by atoms with van der Waals surface area (Å²) in [4.78, 5) is 0. The van der Waals surface area contributed by atoms with Crippen LogP contribution < -0.4 is 10.5 Å². The number of methoxy groups -OCH3 is 1. The minimum Gasteiger partial charge on any atom is -0.474 e. The molecule has 0 fully saturated rings. The van der Waals surface area contributed by atoms with Crippen molar-refractivity contribution in [2.24, 2.45) is 12.8 Å². The monoisotopic (exact) mass is 235 g/mol. The van der Waals surface area contributed by atoms with E-state index in [1.165, 1.54) is 0 Å². The highest BCUT2D eigenvalue weighted by atomic mass is 16.5. The largest absolute Gasteiger partial charge is 0.474 e. The number of nitrogens with two attached hydrogens (primary N) is 1. The second-order valence-electron chi connectivity index (χ2n) is 3.83. The zero-order chi connectivity index (χ0) is 12.3. The van der Waals surface area contributed by atoms with Crippen molar-refractivity contribution in [2.75, 3.05) is 20.3 Å². The Balaban J connectivity index is 2.31. The summed E-state index contributed by atoms with van der Waals surface area (Å²) in [6.07, 6.45) is 0. The minimum absolute atomic E-state index is 0.501. The van der Waals surface area contributed by atoms with E-state index < -0.39 is 0 Å². The molecule has 92 valence electrons. The summed E-state index contributed by atoms with van der Waals surface area (Å²) in [5, 5.41) is 5.34. The Morgan fingerprint density at radius 3 is 2.88 bits per heavy atom. The van der Waals surface area contributed by atoms with Crippen LogP contribution in [0.3, 0.4) is 0 Å². The van der Waals surface area contributed by atoms with Crippen LogP contribution >= 0.6 is 0 Å². The van der Waals surface area contributed by atoms with Gasteiger partial charge in [0, 0.05) is 20.7 Å². The number of rotatable bonds is 5. The molecule has 5 heteroatoms. The predicted molar refractivity (Wildman–Crippen MR) is 66.0 cm³/mol. The van der Waals surface area contributed by atoms with Crippen molar-refractivity contribution >= 4 is 10.9 Å². The third kappa shape index (κ3) is 2.40. The van der Waals surface area contributed by atoms with Gasteiger partial charge in [0.05, 0.1) is 17.5 Å². The van der Waals surface area contributed by atoms with Crippen molar-refractivity contribution in [1.29, 1.82) is 0 Å². The molecule has 0 saturated heterocycles. The van der Waals surface area contributed by atoms with Crippen LogP contribution in [0.15, 0.2) is 18.2 Å². The summed E-state index contributed by atoms with van der Waals surface area (Å²) in [7, 11) is 3.54. The molecular weight excluding hydrogens is 218 g/mol. The van der Waals surface area contributed by atoms with Crippen molar-refractivity contribution in [3.8, 4) is 5.88 Å². The van der Waals surface area contributed by atoms with Gasteiger partial charge in [-0.25, -0.2) is 0 Å². The number of aromatic nitrogens is 2. The lowest BCUT2D eigenvalue weighted by Gasteiger charge is -2.02. The quantitative estimate of drug-likeness (QED) is 0.787. The molecule has 0 unspecified atom stereocenters. The van der Waals surface area contributed by atoms with Crippen LogP contribution in [0.5, 0.6) is 5.88 Å². The Labute approximate surface area is 100 Å². The van der Waals surface area contributed by atoms with E-state index in [0.717, 1.165) is 16.5 Å². The van der Waals surface area contributed by atoms with Gasteiger partial charge in [-0.1, -0.05) is 6.07 Å². The van der Waals surface area contributed by atoms with E-state index in [1.807, 2.05) is 25.2 Å². The van der Waals surface area contributed by atoms with Gasteiger partial charge in [0.2, 0.25) is 5.88 Å². The average molecular weight is 235 g/mol. The molecule has 0 saturated carbocycles. The van der Waals surface area contributed by atoms with Crippen molar-refractivity contribution in [3.63, 3.8) is 0 Å². The van der Waals surface area contributed by atoms with E-state index in [2.05, 4.69) is 5.10 Å². The van der Waals surface area contributed by atoms with Crippen LogP contribution in [0.4, 0.5) is 0 Å². The number of hydrogen-bond donors (Lipinski definition) is 1. The van der Waals surface area contributed by atoms with Gasteiger partial charge in [0.1, 0.15) is 6.61 Å². The fraction of sp³-hybridized carbons (Fsp3) is 0.417. The maximum atomic E-state index is 5.62. The van der Waals surface area contributed by atoms with Gasteiger partial charge in [-0.2, -0.15) is 0 Å². The Morgan fingerprint density at radius 2 is 2.18 bits per heavy atom. The molecule has 0 aliphatic rings. The first-order chi connectivity index (χ1) is 8.26. The van der Waals surface area contributed by atoms with Gasteiger partial charge >= 0.3 is 0 Å². The molecule has 0 spiro atoms. The number of aryl methyl sites for hydroxylation is 1. The summed E-state index contributed by atoms with van der Waals surface area (Å²) >= 11 is 0. The van der Waals surface area contributed by atoms with Crippen molar-refractivity contribution in [1.82, 2.24) is 9.78 Å². The summed E-state index contributed by atoms with van der Waals surface area (Å²) in [5.41, 5.74) is 7.73. The average Bonchev–Trinajstić information content (AvgIpc) is 2.66. The molecule has 2 aromatic rings. The molecule has 17 heavy (non-hydrogen) atoms. The molecule has 1 aromatic heterocycles. The zero-order valence-electron chi connectivity index (χ0n) is 10.1. The lowest BCUT2D eigenvalue weighted by atomic mass is 10.1. The van der Waals surface area contributed by atoms with E-state index in [9.17, 15) is 0 Å². The fourth-order valence-electron chi connectivity index (χ4n) is 1.73. The van der Waals surface area contributed by atoms with Gasteiger partial charge in [-0.3, -0.25) is 4.68 Å². The standard InChI is InChI=1S/C12H17N3O2/c1-15-11-7-9(8-13)3-4-10(11)12(14-15)17-6-5-16-2/h3-4,7H,5-6,8,13H2,1-2H3.